The van der Waals surface area contributed by atoms with Crippen molar-refractivity contribution in [3.05, 3.63) is 65.7 Å². The summed E-state index contributed by atoms with van der Waals surface area (Å²) in [7, 11) is 0. The summed E-state index contributed by atoms with van der Waals surface area (Å²) in [6.07, 6.45) is 0. The van der Waals surface area contributed by atoms with Crippen molar-refractivity contribution in [1.29, 1.82) is 0 Å². The van der Waals surface area contributed by atoms with E-state index in [0.29, 0.717) is 32.2 Å². The quantitative estimate of drug-likeness (QED) is 0.469. The van der Waals surface area contributed by atoms with Gasteiger partial charge in [-0.2, -0.15) is 0 Å². The van der Waals surface area contributed by atoms with Gasteiger partial charge in [0.2, 0.25) is 5.91 Å². The summed E-state index contributed by atoms with van der Waals surface area (Å²) < 4.78 is 5.63. The molecule has 2 aromatic carbocycles. The molecule has 144 valence electrons. The number of amides is 1. The molecule has 0 aliphatic heterocycles. The average molecular weight is 368 g/mol. The van der Waals surface area contributed by atoms with Crippen LogP contribution in [0.5, 0.6) is 5.75 Å². The average Bonchev–Trinajstić information content (AvgIpc) is 2.70. The second kappa shape index (κ2) is 11.6. The molecule has 0 aliphatic rings. The second-order valence-electron chi connectivity index (χ2n) is 5.85. The lowest BCUT2D eigenvalue weighted by Gasteiger charge is -2.13. The number of nitrogens with zero attached hydrogens (tertiary/aromatic N) is 1. The minimum absolute atomic E-state index is 0.0841. The molecule has 2 aromatic rings. The summed E-state index contributed by atoms with van der Waals surface area (Å²) in [6.45, 7) is 6.41. The Morgan fingerprint density at radius 3 is 2.44 bits per heavy atom. The monoisotopic (exact) mass is 368 g/mol. The van der Waals surface area contributed by atoms with Crippen molar-refractivity contribution >= 4 is 11.9 Å². The molecule has 2 rings (SSSR count). The van der Waals surface area contributed by atoms with Gasteiger partial charge in [0, 0.05) is 18.7 Å². The molecule has 0 spiro atoms. The van der Waals surface area contributed by atoms with Gasteiger partial charge < -0.3 is 20.7 Å². The summed E-state index contributed by atoms with van der Waals surface area (Å²) in [4.78, 5) is 16.6. The molecule has 0 bridgehead atoms. The van der Waals surface area contributed by atoms with Crippen LogP contribution >= 0.6 is 0 Å². The second-order valence-corrected chi connectivity index (χ2v) is 5.85. The zero-order valence-corrected chi connectivity index (χ0v) is 16.0. The van der Waals surface area contributed by atoms with Gasteiger partial charge >= 0.3 is 0 Å². The minimum atomic E-state index is -0.0841. The summed E-state index contributed by atoms with van der Waals surface area (Å²) >= 11 is 0. The van der Waals surface area contributed by atoms with E-state index in [1.807, 2.05) is 68.4 Å². The van der Waals surface area contributed by atoms with Crippen molar-refractivity contribution in [1.82, 2.24) is 16.0 Å². The molecule has 0 saturated heterocycles. The number of guanidine groups is 1. The highest BCUT2D eigenvalue weighted by atomic mass is 16.5. The first-order chi connectivity index (χ1) is 13.2. The van der Waals surface area contributed by atoms with E-state index >= 15 is 0 Å². The smallest absolute Gasteiger partial charge is 0.239 e. The highest BCUT2D eigenvalue weighted by Gasteiger charge is 2.05. The van der Waals surface area contributed by atoms with Crippen LogP contribution in [0.4, 0.5) is 0 Å². The largest absolute Gasteiger partial charge is 0.494 e. The third-order valence-electron chi connectivity index (χ3n) is 3.77. The Bertz CT molecular complexity index is 732. The third-order valence-corrected chi connectivity index (χ3v) is 3.77. The first-order valence-electron chi connectivity index (χ1n) is 9.26. The molecule has 3 N–H and O–H groups in total. The lowest BCUT2D eigenvalue weighted by atomic mass is 10.2. The molecule has 0 aliphatic carbocycles. The number of hydrogen-bond donors (Lipinski definition) is 3. The number of carbonyl (C=O) groups is 1. The molecular weight excluding hydrogens is 340 g/mol. The Labute approximate surface area is 161 Å². The predicted octanol–water partition coefficient (Wildman–Crippen LogP) is 2.46. The molecule has 0 fully saturated rings. The summed E-state index contributed by atoms with van der Waals surface area (Å²) in [5.41, 5.74) is 2.07. The summed E-state index contributed by atoms with van der Waals surface area (Å²) in [5.74, 6) is 1.35. The van der Waals surface area contributed by atoms with Crippen LogP contribution in [-0.2, 0) is 17.9 Å². The Morgan fingerprint density at radius 1 is 0.963 bits per heavy atom. The van der Waals surface area contributed by atoms with Crippen LogP contribution in [0.1, 0.15) is 25.0 Å². The molecule has 0 atom stereocenters. The molecule has 6 nitrogen and oxygen atoms in total. The zero-order chi connectivity index (χ0) is 19.3. The van der Waals surface area contributed by atoms with Crippen molar-refractivity contribution in [3.63, 3.8) is 0 Å². The summed E-state index contributed by atoms with van der Waals surface area (Å²) in [6, 6.07) is 17.7. The fourth-order valence-corrected chi connectivity index (χ4v) is 2.46. The molecule has 0 heterocycles. The number of aliphatic imine (C=N–C) groups is 1. The van der Waals surface area contributed by atoms with Crippen LogP contribution in [0.2, 0.25) is 0 Å². The van der Waals surface area contributed by atoms with Gasteiger partial charge in [-0.1, -0.05) is 48.5 Å². The van der Waals surface area contributed by atoms with Crippen LogP contribution in [0, 0.1) is 0 Å². The predicted molar refractivity (Wildman–Crippen MR) is 109 cm³/mol. The van der Waals surface area contributed by atoms with E-state index < -0.39 is 0 Å². The Hall–Kier alpha value is -3.02. The van der Waals surface area contributed by atoms with Crippen LogP contribution < -0.4 is 20.7 Å². The molecular formula is C21H28N4O2. The molecule has 0 saturated carbocycles. The number of nitrogens with one attached hydrogen (secondary N) is 3. The maximum absolute atomic E-state index is 12.1. The van der Waals surface area contributed by atoms with Gasteiger partial charge in [0.05, 0.1) is 19.7 Å². The number of carbonyl (C=O) groups excluding carboxylic acids is 1. The number of rotatable bonds is 9. The van der Waals surface area contributed by atoms with Crippen LogP contribution in [0.25, 0.3) is 0 Å². The Kier molecular flexibility index (Phi) is 8.69. The van der Waals surface area contributed by atoms with E-state index in [0.717, 1.165) is 16.9 Å². The van der Waals surface area contributed by atoms with Crippen LogP contribution in [0.3, 0.4) is 0 Å². The lowest BCUT2D eigenvalue weighted by Crippen LogP contribution is -2.43. The van der Waals surface area contributed by atoms with Crippen LogP contribution in [0.15, 0.2) is 59.6 Å². The molecule has 0 aromatic heterocycles. The van der Waals surface area contributed by atoms with Crippen molar-refractivity contribution in [2.75, 3.05) is 19.7 Å². The minimum Gasteiger partial charge on any atom is -0.494 e. The molecule has 6 heteroatoms. The fourth-order valence-electron chi connectivity index (χ4n) is 2.46. The van der Waals surface area contributed by atoms with Gasteiger partial charge in [-0.15, -0.1) is 0 Å². The van der Waals surface area contributed by atoms with Gasteiger partial charge in [-0.05, 0) is 25.5 Å². The van der Waals surface area contributed by atoms with Gasteiger partial charge in [0.1, 0.15) is 5.75 Å². The van der Waals surface area contributed by atoms with E-state index in [9.17, 15) is 4.79 Å². The molecule has 27 heavy (non-hydrogen) atoms. The van der Waals surface area contributed by atoms with Gasteiger partial charge in [-0.25, -0.2) is 4.99 Å². The maximum atomic E-state index is 12.1. The van der Waals surface area contributed by atoms with Crippen LogP contribution in [-0.4, -0.2) is 31.6 Å². The number of ether oxygens (including phenoxy) is 1. The Balaban J connectivity index is 1.87. The summed E-state index contributed by atoms with van der Waals surface area (Å²) in [5, 5.41) is 9.11. The van der Waals surface area contributed by atoms with E-state index in [1.54, 1.807) is 0 Å². The maximum Gasteiger partial charge on any atom is 0.239 e. The lowest BCUT2D eigenvalue weighted by molar-refractivity contribution is -0.120. The highest BCUT2D eigenvalue weighted by Crippen LogP contribution is 2.18. The molecule has 0 unspecified atom stereocenters. The number of para-hydroxylation sites is 1. The zero-order valence-electron chi connectivity index (χ0n) is 16.0. The fraction of sp³-hybridized carbons (Fsp3) is 0.333. The third kappa shape index (κ3) is 7.40. The standard InChI is InChI=1S/C21H28N4O2/c1-3-22-21(24-15-18-12-8-9-13-19(18)27-4-2)25-16-20(26)23-14-17-10-6-5-7-11-17/h5-13H,3-4,14-16H2,1-2H3,(H,23,26)(H2,22,24,25). The van der Waals surface area contributed by atoms with Crippen molar-refractivity contribution in [2.24, 2.45) is 4.99 Å². The highest BCUT2D eigenvalue weighted by molar-refractivity contribution is 5.86. The van der Waals surface area contributed by atoms with E-state index in [4.69, 9.17) is 4.74 Å². The first-order valence-corrected chi connectivity index (χ1v) is 9.26. The Morgan fingerprint density at radius 2 is 1.70 bits per heavy atom. The first kappa shape index (κ1) is 20.3. The van der Waals surface area contributed by atoms with Gasteiger partial charge in [0.25, 0.3) is 0 Å². The van der Waals surface area contributed by atoms with E-state index in [2.05, 4.69) is 20.9 Å². The number of benzene rings is 2. The number of hydrogen-bond acceptors (Lipinski definition) is 3. The van der Waals surface area contributed by atoms with Crippen molar-refractivity contribution in [3.8, 4) is 5.75 Å². The van der Waals surface area contributed by atoms with Gasteiger partial charge in [-0.3, -0.25) is 4.79 Å². The SMILES string of the molecule is CCNC(=NCc1ccccc1OCC)NCC(=O)NCc1ccccc1. The van der Waals surface area contributed by atoms with Crippen molar-refractivity contribution in [2.45, 2.75) is 26.9 Å². The molecule has 0 radical (unpaired) electrons. The molecule has 1 amide bonds. The van der Waals surface area contributed by atoms with E-state index in [-0.39, 0.29) is 12.5 Å². The normalized spacial score (nSPS) is 11.0. The van der Waals surface area contributed by atoms with E-state index in [1.165, 1.54) is 0 Å². The topological polar surface area (TPSA) is 74.8 Å². The van der Waals surface area contributed by atoms with Crippen molar-refractivity contribution < 1.29 is 9.53 Å². The van der Waals surface area contributed by atoms with Gasteiger partial charge in [0.15, 0.2) is 5.96 Å².